The van der Waals surface area contributed by atoms with Crippen molar-refractivity contribution in [2.75, 3.05) is 13.1 Å². The monoisotopic (exact) mass is 358 g/mol. The first-order valence-electron chi connectivity index (χ1n) is 9.78. The van der Waals surface area contributed by atoms with E-state index in [1.807, 2.05) is 12.1 Å². The molecular formula is C21H30N2O3. The van der Waals surface area contributed by atoms with Crippen LogP contribution in [0, 0.1) is 11.3 Å². The molecular weight excluding hydrogens is 328 g/mol. The first-order chi connectivity index (χ1) is 12.5. The predicted octanol–water partition coefficient (Wildman–Crippen LogP) is 3.34. The second-order valence-corrected chi connectivity index (χ2v) is 8.15. The van der Waals surface area contributed by atoms with Gasteiger partial charge in [0, 0.05) is 25.6 Å². The minimum Gasteiger partial charge on any atom is -0.342 e. The van der Waals surface area contributed by atoms with E-state index in [-0.39, 0.29) is 11.3 Å². The second kappa shape index (κ2) is 7.78. The molecule has 0 bridgehead atoms. The van der Waals surface area contributed by atoms with Crippen LogP contribution in [-0.2, 0) is 17.6 Å². The summed E-state index contributed by atoms with van der Waals surface area (Å²) in [7, 11) is 0. The van der Waals surface area contributed by atoms with Crippen LogP contribution in [0.15, 0.2) is 18.2 Å². The highest BCUT2D eigenvalue weighted by Crippen LogP contribution is 2.40. The van der Waals surface area contributed by atoms with Gasteiger partial charge in [0.1, 0.15) is 0 Å². The number of carbonyl (C=O) groups excluding carboxylic acids is 2. The van der Waals surface area contributed by atoms with Crippen molar-refractivity contribution >= 4 is 11.8 Å². The third-order valence-corrected chi connectivity index (χ3v) is 6.49. The average molecular weight is 358 g/mol. The van der Waals surface area contributed by atoms with Crippen LogP contribution in [0.2, 0.25) is 0 Å². The van der Waals surface area contributed by atoms with Gasteiger partial charge in [0.25, 0.3) is 5.91 Å². The molecule has 1 unspecified atom stereocenters. The molecule has 1 fully saturated rings. The van der Waals surface area contributed by atoms with E-state index in [1.54, 1.807) is 18.5 Å². The van der Waals surface area contributed by atoms with E-state index in [9.17, 15) is 9.59 Å². The Kier molecular flexibility index (Phi) is 5.66. The summed E-state index contributed by atoms with van der Waals surface area (Å²) in [6.45, 7) is 5.64. The Hall–Kier alpha value is -1.88. The maximum absolute atomic E-state index is 12.2. The highest BCUT2D eigenvalue weighted by Gasteiger charge is 2.36. The molecule has 2 amide bonds. The second-order valence-electron chi connectivity index (χ2n) is 8.15. The van der Waals surface area contributed by atoms with Gasteiger partial charge < -0.3 is 4.90 Å². The normalized spacial score (nSPS) is 22.3. The molecule has 0 aromatic heterocycles. The third-order valence-electron chi connectivity index (χ3n) is 6.49. The van der Waals surface area contributed by atoms with Gasteiger partial charge in [-0.2, -0.15) is 0 Å². The fourth-order valence-corrected chi connectivity index (χ4v) is 4.37. The number of carbonyl (C=O) groups is 2. The number of hydroxylamine groups is 1. The van der Waals surface area contributed by atoms with Crippen molar-refractivity contribution in [2.24, 2.45) is 11.3 Å². The van der Waals surface area contributed by atoms with Crippen molar-refractivity contribution in [3.8, 4) is 0 Å². The first kappa shape index (κ1) is 18.9. The van der Waals surface area contributed by atoms with Crippen LogP contribution in [0.3, 0.4) is 0 Å². The number of fused-ring (bicyclic) bond motifs is 1. The highest BCUT2D eigenvalue weighted by atomic mass is 16.5. The van der Waals surface area contributed by atoms with Gasteiger partial charge in [0.2, 0.25) is 5.91 Å². The molecule has 1 saturated carbocycles. The van der Waals surface area contributed by atoms with Crippen molar-refractivity contribution in [1.29, 1.82) is 0 Å². The van der Waals surface area contributed by atoms with Crippen LogP contribution in [0.4, 0.5) is 0 Å². The number of nitrogens with zero attached hydrogens (tertiary/aromatic N) is 1. The quantitative estimate of drug-likeness (QED) is 0.605. The lowest BCUT2D eigenvalue weighted by atomic mass is 9.69. The summed E-state index contributed by atoms with van der Waals surface area (Å²) in [5.41, 5.74) is 4.75. The molecule has 5 nitrogen and oxygen atoms in total. The van der Waals surface area contributed by atoms with Crippen molar-refractivity contribution < 1.29 is 14.8 Å². The molecule has 5 heteroatoms. The molecule has 1 aromatic rings. The van der Waals surface area contributed by atoms with Gasteiger partial charge in [-0.15, -0.1) is 0 Å². The van der Waals surface area contributed by atoms with Crippen LogP contribution in [0.5, 0.6) is 0 Å². The van der Waals surface area contributed by atoms with Crippen LogP contribution in [0.25, 0.3) is 0 Å². The molecule has 0 saturated heterocycles. The summed E-state index contributed by atoms with van der Waals surface area (Å²) in [4.78, 5) is 25.9. The van der Waals surface area contributed by atoms with Crippen LogP contribution in [-0.4, -0.2) is 35.0 Å². The maximum Gasteiger partial charge on any atom is 0.274 e. The molecule has 0 radical (unpaired) electrons. The molecule has 3 rings (SSSR count). The molecule has 142 valence electrons. The van der Waals surface area contributed by atoms with Crippen molar-refractivity contribution in [2.45, 2.75) is 58.8 Å². The number of benzene rings is 1. The lowest BCUT2D eigenvalue weighted by Crippen LogP contribution is -2.45. The van der Waals surface area contributed by atoms with Gasteiger partial charge >= 0.3 is 0 Å². The fraction of sp³-hybridized carbons (Fsp3) is 0.619. The number of nitrogens with one attached hydrogen (secondary N) is 1. The van der Waals surface area contributed by atoms with Crippen molar-refractivity contribution in [1.82, 2.24) is 10.4 Å². The Labute approximate surface area is 155 Å². The standard InChI is InChI=1S/C21H30N2O3/c1-3-21(14-23(15(2)24)13-16-5-4-6-16)10-9-17-11-18(20(25)22-26)7-8-19(17)12-21/h7-8,11,16,26H,3-6,9-10,12-14H2,1-2H3,(H,22,25). The van der Waals surface area contributed by atoms with Crippen LogP contribution >= 0.6 is 0 Å². The summed E-state index contributed by atoms with van der Waals surface area (Å²) < 4.78 is 0. The molecule has 2 N–H and O–H groups in total. The van der Waals surface area contributed by atoms with Crippen LogP contribution < -0.4 is 5.48 Å². The van der Waals surface area contributed by atoms with Gasteiger partial charge in [-0.3, -0.25) is 14.8 Å². The highest BCUT2D eigenvalue weighted by molar-refractivity contribution is 5.93. The fourth-order valence-electron chi connectivity index (χ4n) is 4.37. The zero-order valence-corrected chi connectivity index (χ0v) is 15.9. The lowest BCUT2D eigenvalue weighted by molar-refractivity contribution is -0.132. The number of aryl methyl sites for hydroxylation is 1. The lowest BCUT2D eigenvalue weighted by Gasteiger charge is -2.43. The van der Waals surface area contributed by atoms with E-state index in [1.165, 1.54) is 30.4 Å². The molecule has 2 aliphatic carbocycles. The van der Waals surface area contributed by atoms with Gasteiger partial charge in [-0.25, -0.2) is 5.48 Å². The Morgan fingerprint density at radius 3 is 2.65 bits per heavy atom. The molecule has 0 heterocycles. The van der Waals surface area contributed by atoms with E-state index >= 15 is 0 Å². The Morgan fingerprint density at radius 1 is 1.31 bits per heavy atom. The topological polar surface area (TPSA) is 69.6 Å². The minimum atomic E-state index is -0.469. The van der Waals surface area contributed by atoms with Crippen LogP contribution in [0.1, 0.15) is 67.4 Å². The smallest absolute Gasteiger partial charge is 0.274 e. The SMILES string of the molecule is CCC1(CN(CC2CCC2)C(C)=O)CCc2cc(C(=O)NO)ccc2C1. The Balaban J connectivity index is 1.75. The van der Waals surface area contributed by atoms with E-state index in [2.05, 4.69) is 11.8 Å². The molecule has 0 spiro atoms. The van der Waals surface area contributed by atoms with E-state index in [0.29, 0.717) is 11.5 Å². The third kappa shape index (κ3) is 3.93. The minimum absolute atomic E-state index is 0.114. The van der Waals surface area contributed by atoms with Crippen molar-refractivity contribution in [3.05, 3.63) is 34.9 Å². The van der Waals surface area contributed by atoms with Gasteiger partial charge in [-0.1, -0.05) is 19.4 Å². The molecule has 26 heavy (non-hydrogen) atoms. The zero-order valence-electron chi connectivity index (χ0n) is 15.9. The molecule has 0 aliphatic heterocycles. The van der Waals surface area contributed by atoms with Gasteiger partial charge in [0.05, 0.1) is 0 Å². The largest absolute Gasteiger partial charge is 0.342 e. The number of hydrogen-bond acceptors (Lipinski definition) is 3. The number of amides is 2. The van der Waals surface area contributed by atoms with E-state index < -0.39 is 5.91 Å². The predicted molar refractivity (Wildman–Crippen MR) is 100 cm³/mol. The number of hydrogen-bond donors (Lipinski definition) is 2. The summed E-state index contributed by atoms with van der Waals surface area (Å²) in [6, 6.07) is 5.66. The summed E-state index contributed by atoms with van der Waals surface area (Å²) in [6.07, 6.45) is 7.71. The summed E-state index contributed by atoms with van der Waals surface area (Å²) in [5, 5.41) is 8.82. The Bertz CT molecular complexity index is 684. The number of rotatable bonds is 6. The first-order valence-corrected chi connectivity index (χ1v) is 9.78. The maximum atomic E-state index is 12.2. The van der Waals surface area contributed by atoms with Crippen molar-refractivity contribution in [3.63, 3.8) is 0 Å². The summed E-state index contributed by atoms with van der Waals surface area (Å²) >= 11 is 0. The molecule has 1 atom stereocenters. The van der Waals surface area contributed by atoms with Gasteiger partial charge in [0.15, 0.2) is 0 Å². The Morgan fingerprint density at radius 2 is 2.08 bits per heavy atom. The summed E-state index contributed by atoms with van der Waals surface area (Å²) in [5.74, 6) is 0.400. The zero-order chi connectivity index (χ0) is 18.7. The average Bonchev–Trinajstić information content (AvgIpc) is 2.62. The van der Waals surface area contributed by atoms with E-state index in [4.69, 9.17) is 5.21 Å². The van der Waals surface area contributed by atoms with Gasteiger partial charge in [-0.05, 0) is 73.1 Å². The molecule has 2 aliphatic rings. The van der Waals surface area contributed by atoms with E-state index in [0.717, 1.165) is 38.8 Å². The molecule has 1 aromatic carbocycles.